The Kier molecular flexibility index (Phi) is 6.62. The Labute approximate surface area is 184 Å². The summed E-state index contributed by atoms with van der Waals surface area (Å²) < 4.78 is 34.1. The molecule has 0 saturated heterocycles. The van der Waals surface area contributed by atoms with Crippen LogP contribution in [0, 0.1) is 5.92 Å². The van der Waals surface area contributed by atoms with Crippen molar-refractivity contribution in [1.29, 1.82) is 0 Å². The van der Waals surface area contributed by atoms with Crippen molar-refractivity contribution in [2.75, 3.05) is 13.7 Å². The summed E-state index contributed by atoms with van der Waals surface area (Å²) in [6, 6.07) is 8.39. The molecule has 4 rings (SSSR count). The van der Waals surface area contributed by atoms with Crippen LogP contribution in [0.5, 0.6) is 5.75 Å². The number of nitrogens with zero attached hydrogens (tertiary/aromatic N) is 1. The number of ether oxygens (including phenoxy) is 1. The number of aromatic nitrogens is 1. The molecule has 1 aromatic carbocycles. The van der Waals surface area contributed by atoms with Gasteiger partial charge in [-0.15, -0.1) is 0 Å². The Balaban J connectivity index is 1.60. The van der Waals surface area contributed by atoms with E-state index in [-0.39, 0.29) is 17.3 Å². The van der Waals surface area contributed by atoms with Crippen LogP contribution in [-0.4, -0.2) is 31.8 Å². The monoisotopic (exact) mass is 442 g/mol. The number of Topliss-reactive ketones (excluding diaryl/α,β-unsaturated/α-hetero) is 1. The third-order valence-electron chi connectivity index (χ3n) is 5.82. The number of benzene rings is 1. The maximum atomic E-state index is 13.6. The molecule has 2 aromatic rings. The fourth-order valence-corrected chi connectivity index (χ4v) is 5.45. The lowest BCUT2D eigenvalue weighted by molar-refractivity contribution is -0.121. The van der Waals surface area contributed by atoms with Gasteiger partial charge in [-0.1, -0.05) is 12.1 Å². The minimum atomic E-state index is -3.80. The molecule has 1 aromatic heterocycles. The van der Waals surface area contributed by atoms with Crippen molar-refractivity contribution in [3.8, 4) is 5.75 Å². The van der Waals surface area contributed by atoms with Crippen molar-refractivity contribution < 1.29 is 17.9 Å². The van der Waals surface area contributed by atoms with Crippen LogP contribution in [0.2, 0.25) is 0 Å². The lowest BCUT2D eigenvalue weighted by Crippen LogP contribution is -2.16. The Hall–Kier alpha value is -2.38. The Morgan fingerprint density at radius 2 is 2.06 bits per heavy atom. The molecule has 0 bridgehead atoms. The van der Waals surface area contributed by atoms with Gasteiger partial charge in [-0.25, -0.2) is 12.4 Å². The molecular formula is C24H30N2O4S. The predicted molar refractivity (Wildman–Crippen MR) is 121 cm³/mol. The first kappa shape index (κ1) is 21.8. The smallest absolute Gasteiger partial charge is 0.268 e. The quantitative estimate of drug-likeness (QED) is 0.598. The van der Waals surface area contributed by atoms with E-state index in [0.717, 1.165) is 55.4 Å². The van der Waals surface area contributed by atoms with Gasteiger partial charge in [-0.05, 0) is 80.8 Å². The second kappa shape index (κ2) is 9.40. The van der Waals surface area contributed by atoms with Crippen molar-refractivity contribution in [2.24, 2.45) is 5.92 Å². The van der Waals surface area contributed by atoms with Crippen molar-refractivity contribution in [2.45, 2.75) is 56.4 Å². The highest BCUT2D eigenvalue weighted by molar-refractivity contribution is 7.90. The van der Waals surface area contributed by atoms with Crippen LogP contribution in [0.15, 0.2) is 47.5 Å². The molecule has 1 fully saturated rings. The highest BCUT2D eigenvalue weighted by atomic mass is 32.2. The summed E-state index contributed by atoms with van der Waals surface area (Å²) >= 11 is 0. The normalized spacial score (nSPS) is 16.7. The van der Waals surface area contributed by atoms with Crippen molar-refractivity contribution in [3.05, 3.63) is 53.9 Å². The van der Waals surface area contributed by atoms with Gasteiger partial charge in [0.05, 0.1) is 10.6 Å². The number of nitrogens with one attached hydrogen (secondary N) is 1. The second-order valence-electron chi connectivity index (χ2n) is 8.49. The SMILES string of the molecule is CNCc1cc(C2=CCCCC2)n(S(=O)(=O)c2cccc(OCC(=O)CC3CC3)c2)c1. The maximum Gasteiger partial charge on any atom is 0.268 e. The van der Waals surface area contributed by atoms with Crippen LogP contribution in [0.1, 0.15) is 56.2 Å². The fraction of sp³-hybridized carbons (Fsp3) is 0.458. The van der Waals surface area contributed by atoms with Gasteiger partial charge in [0.2, 0.25) is 0 Å². The molecule has 6 nitrogen and oxygen atoms in total. The summed E-state index contributed by atoms with van der Waals surface area (Å²) in [5.74, 6) is 0.964. The van der Waals surface area contributed by atoms with Gasteiger partial charge in [0, 0.05) is 25.2 Å². The lowest BCUT2D eigenvalue weighted by Gasteiger charge is -2.16. The highest BCUT2D eigenvalue weighted by Gasteiger charge is 2.25. The van der Waals surface area contributed by atoms with Gasteiger partial charge < -0.3 is 10.1 Å². The number of hydrogen-bond donors (Lipinski definition) is 1. The molecule has 2 aliphatic carbocycles. The van der Waals surface area contributed by atoms with Gasteiger partial charge in [0.1, 0.15) is 12.4 Å². The minimum absolute atomic E-state index is 0.0199. The van der Waals surface area contributed by atoms with Crippen molar-refractivity contribution in [3.63, 3.8) is 0 Å². The van der Waals surface area contributed by atoms with Gasteiger partial charge in [-0.2, -0.15) is 0 Å². The summed E-state index contributed by atoms with van der Waals surface area (Å²) in [6.07, 6.45) is 10.7. The number of hydrogen-bond acceptors (Lipinski definition) is 5. The Bertz CT molecular complexity index is 1080. The first-order valence-corrected chi connectivity index (χ1v) is 12.5. The zero-order valence-corrected chi connectivity index (χ0v) is 18.8. The average molecular weight is 443 g/mol. The summed E-state index contributed by atoms with van der Waals surface area (Å²) in [6.45, 7) is 0.572. The van der Waals surface area contributed by atoms with Crippen LogP contribution in [-0.2, 0) is 21.4 Å². The third-order valence-corrected chi connectivity index (χ3v) is 7.49. The van der Waals surface area contributed by atoms with E-state index < -0.39 is 10.0 Å². The van der Waals surface area contributed by atoms with Gasteiger partial charge in [0.15, 0.2) is 5.78 Å². The minimum Gasteiger partial charge on any atom is -0.486 e. The molecule has 0 radical (unpaired) electrons. The van der Waals surface area contributed by atoms with Crippen molar-refractivity contribution in [1.82, 2.24) is 9.29 Å². The summed E-state index contributed by atoms with van der Waals surface area (Å²) in [5, 5.41) is 3.09. The standard InChI is InChI=1S/C24H30N2O4S/c1-25-15-19-13-24(20-6-3-2-4-7-20)26(16-19)31(28,29)23-9-5-8-22(14-23)30-17-21(27)12-18-10-11-18/h5-6,8-9,13-14,16,18,25H,2-4,7,10-12,15,17H2,1H3. The molecule has 0 atom stereocenters. The van der Waals surface area contributed by atoms with Crippen LogP contribution in [0.4, 0.5) is 0 Å². The first-order chi connectivity index (χ1) is 15.0. The van der Waals surface area contributed by atoms with Gasteiger partial charge in [-0.3, -0.25) is 4.79 Å². The van der Waals surface area contributed by atoms with Gasteiger partial charge in [0.25, 0.3) is 10.0 Å². The Morgan fingerprint density at radius 3 is 2.77 bits per heavy atom. The molecule has 2 aliphatic rings. The number of carbonyl (C=O) groups is 1. The molecule has 0 spiro atoms. The zero-order valence-electron chi connectivity index (χ0n) is 18.0. The van der Waals surface area contributed by atoms with Crippen LogP contribution in [0.25, 0.3) is 5.57 Å². The fourth-order valence-electron chi connectivity index (χ4n) is 4.01. The summed E-state index contributed by atoms with van der Waals surface area (Å²) in [7, 11) is -1.96. The molecule has 1 heterocycles. The van der Waals surface area contributed by atoms with E-state index in [0.29, 0.717) is 24.6 Å². The molecule has 1 N–H and O–H groups in total. The van der Waals surface area contributed by atoms with Crippen LogP contribution < -0.4 is 10.1 Å². The average Bonchev–Trinajstić information content (AvgIpc) is 3.48. The molecular weight excluding hydrogens is 412 g/mol. The van der Waals surface area contributed by atoms with Crippen molar-refractivity contribution >= 4 is 21.4 Å². The second-order valence-corrected chi connectivity index (χ2v) is 10.3. The van der Waals surface area contributed by atoms with E-state index in [1.807, 2.05) is 13.1 Å². The maximum absolute atomic E-state index is 13.6. The zero-order chi connectivity index (χ0) is 21.8. The Morgan fingerprint density at radius 1 is 1.23 bits per heavy atom. The molecule has 0 aliphatic heterocycles. The molecule has 7 heteroatoms. The molecule has 31 heavy (non-hydrogen) atoms. The predicted octanol–water partition coefficient (Wildman–Crippen LogP) is 4.15. The topological polar surface area (TPSA) is 77.4 Å². The van der Waals surface area contributed by atoms with E-state index in [2.05, 4.69) is 11.4 Å². The number of allylic oxidation sites excluding steroid dienone is 2. The largest absolute Gasteiger partial charge is 0.486 e. The first-order valence-electron chi connectivity index (χ1n) is 11.0. The summed E-state index contributed by atoms with van der Waals surface area (Å²) in [5.41, 5.74) is 2.73. The molecule has 1 saturated carbocycles. The number of carbonyl (C=O) groups excluding carboxylic acids is 1. The van der Waals surface area contributed by atoms with Gasteiger partial charge >= 0.3 is 0 Å². The van der Waals surface area contributed by atoms with Crippen LogP contribution >= 0.6 is 0 Å². The van der Waals surface area contributed by atoms with E-state index in [9.17, 15) is 13.2 Å². The third kappa shape index (κ3) is 5.28. The molecule has 166 valence electrons. The van der Waals surface area contributed by atoms with E-state index in [4.69, 9.17) is 4.74 Å². The molecule has 0 amide bonds. The van der Waals surface area contributed by atoms with E-state index in [1.165, 1.54) is 10.0 Å². The van der Waals surface area contributed by atoms with E-state index >= 15 is 0 Å². The van der Waals surface area contributed by atoms with E-state index in [1.54, 1.807) is 24.4 Å². The number of ketones is 1. The summed E-state index contributed by atoms with van der Waals surface area (Å²) in [4.78, 5) is 12.2. The lowest BCUT2D eigenvalue weighted by atomic mass is 9.97. The van der Waals surface area contributed by atoms with Crippen LogP contribution in [0.3, 0.4) is 0 Å². The number of rotatable bonds is 10. The highest BCUT2D eigenvalue weighted by Crippen LogP contribution is 2.33. The molecule has 0 unspecified atom stereocenters.